The molecule has 5 heteroatoms. The van der Waals surface area contributed by atoms with E-state index in [-0.39, 0.29) is 5.92 Å². The summed E-state index contributed by atoms with van der Waals surface area (Å²) in [6.07, 6.45) is -0.648. The minimum absolute atomic E-state index is 0.240. The Kier molecular flexibility index (Phi) is 5.35. The van der Waals surface area contributed by atoms with Crippen molar-refractivity contribution in [3.63, 3.8) is 0 Å². The van der Waals surface area contributed by atoms with Crippen LogP contribution in [-0.4, -0.2) is 23.6 Å². The van der Waals surface area contributed by atoms with E-state index >= 15 is 0 Å². The molecule has 116 valence electrons. The van der Waals surface area contributed by atoms with E-state index in [9.17, 15) is 9.59 Å². The Bertz CT molecular complexity index is 503. The third-order valence-corrected chi connectivity index (χ3v) is 3.08. The van der Waals surface area contributed by atoms with Gasteiger partial charge in [-0.25, -0.2) is 4.79 Å². The first kappa shape index (κ1) is 17.0. The van der Waals surface area contributed by atoms with Crippen molar-refractivity contribution in [2.24, 2.45) is 5.73 Å². The highest BCUT2D eigenvalue weighted by molar-refractivity contribution is 5.85. The summed E-state index contributed by atoms with van der Waals surface area (Å²) >= 11 is 0. The van der Waals surface area contributed by atoms with E-state index in [0.717, 1.165) is 11.1 Å². The van der Waals surface area contributed by atoms with Gasteiger partial charge in [0.05, 0.1) is 0 Å². The molecule has 0 heterocycles. The molecule has 0 bridgehead atoms. The van der Waals surface area contributed by atoms with Gasteiger partial charge in [0.15, 0.2) is 0 Å². The number of carbonyl (C=O) groups excluding carboxylic acids is 2. The van der Waals surface area contributed by atoms with Crippen molar-refractivity contribution in [2.45, 2.75) is 52.2 Å². The number of nitrogens with two attached hydrogens (primary N) is 1. The van der Waals surface area contributed by atoms with Gasteiger partial charge in [0.1, 0.15) is 11.6 Å². The smallest absolute Gasteiger partial charge is 0.408 e. The molecular formula is C16H24N2O3. The predicted molar refractivity (Wildman–Crippen MR) is 81.9 cm³/mol. The van der Waals surface area contributed by atoms with Crippen LogP contribution in [0.4, 0.5) is 4.79 Å². The lowest BCUT2D eigenvalue weighted by Gasteiger charge is -2.25. The van der Waals surface area contributed by atoms with Gasteiger partial charge in [-0.3, -0.25) is 4.79 Å². The zero-order chi connectivity index (χ0) is 16.2. The van der Waals surface area contributed by atoms with Crippen LogP contribution in [-0.2, 0) is 9.53 Å². The average molecular weight is 292 g/mol. The maximum absolute atomic E-state index is 11.8. The molecule has 5 nitrogen and oxygen atoms in total. The summed E-state index contributed by atoms with van der Waals surface area (Å²) in [6, 6.07) is 6.94. The number of primary amides is 1. The molecule has 0 aliphatic heterocycles. The Hall–Kier alpha value is -2.04. The standard InChI is InChI=1S/C16H24N2O3/c1-10-6-8-12(9-7-10)11(2)13(14(17)19)18-15(20)21-16(3,4)5/h6-9,11,13H,1-5H3,(H2,17,19)(H,18,20)/t11-,13-/m0/s1. The number of alkyl carbamates (subject to hydrolysis) is 1. The molecule has 2 amide bonds. The summed E-state index contributed by atoms with van der Waals surface area (Å²) in [5.74, 6) is -0.829. The molecule has 0 saturated heterocycles. The largest absolute Gasteiger partial charge is 0.444 e. The summed E-state index contributed by atoms with van der Waals surface area (Å²) in [5, 5.41) is 2.55. The highest BCUT2D eigenvalue weighted by Gasteiger charge is 2.28. The summed E-state index contributed by atoms with van der Waals surface area (Å²) in [6.45, 7) is 9.11. The highest BCUT2D eigenvalue weighted by atomic mass is 16.6. The number of hydrogen-bond donors (Lipinski definition) is 2. The van der Waals surface area contributed by atoms with Crippen LogP contribution in [0.25, 0.3) is 0 Å². The number of hydrogen-bond acceptors (Lipinski definition) is 3. The molecule has 0 unspecified atom stereocenters. The van der Waals surface area contributed by atoms with Gasteiger partial charge < -0.3 is 15.8 Å². The fourth-order valence-electron chi connectivity index (χ4n) is 1.94. The topological polar surface area (TPSA) is 81.4 Å². The number of rotatable bonds is 4. The van der Waals surface area contributed by atoms with E-state index in [1.54, 1.807) is 20.8 Å². The second-order valence-electron chi connectivity index (χ2n) is 6.23. The molecule has 0 aliphatic rings. The molecule has 3 N–H and O–H groups in total. The lowest BCUT2D eigenvalue weighted by atomic mass is 9.92. The van der Waals surface area contributed by atoms with Crippen LogP contribution < -0.4 is 11.1 Å². The van der Waals surface area contributed by atoms with Gasteiger partial charge in [-0.2, -0.15) is 0 Å². The van der Waals surface area contributed by atoms with Crippen LogP contribution in [0.15, 0.2) is 24.3 Å². The molecule has 2 atom stereocenters. The molecule has 0 fully saturated rings. The number of benzene rings is 1. The van der Waals surface area contributed by atoms with Gasteiger partial charge in [-0.05, 0) is 33.3 Å². The molecule has 0 saturated carbocycles. The van der Waals surface area contributed by atoms with Gasteiger partial charge in [0.2, 0.25) is 5.91 Å². The van der Waals surface area contributed by atoms with Crippen LogP contribution in [0, 0.1) is 6.92 Å². The Morgan fingerprint density at radius 1 is 1.19 bits per heavy atom. The van der Waals surface area contributed by atoms with Crippen LogP contribution in [0.3, 0.4) is 0 Å². The van der Waals surface area contributed by atoms with Crippen LogP contribution in [0.1, 0.15) is 44.7 Å². The second kappa shape index (κ2) is 6.61. The molecule has 21 heavy (non-hydrogen) atoms. The third-order valence-electron chi connectivity index (χ3n) is 3.08. The van der Waals surface area contributed by atoms with E-state index < -0.39 is 23.6 Å². The lowest BCUT2D eigenvalue weighted by Crippen LogP contribution is -2.49. The molecule has 0 aliphatic carbocycles. The summed E-state index contributed by atoms with van der Waals surface area (Å²) in [4.78, 5) is 23.5. The van der Waals surface area contributed by atoms with Crippen molar-refractivity contribution >= 4 is 12.0 Å². The Morgan fingerprint density at radius 2 is 1.71 bits per heavy atom. The van der Waals surface area contributed by atoms with E-state index in [4.69, 9.17) is 10.5 Å². The zero-order valence-electron chi connectivity index (χ0n) is 13.3. The maximum atomic E-state index is 11.8. The quantitative estimate of drug-likeness (QED) is 0.894. The highest BCUT2D eigenvalue weighted by Crippen LogP contribution is 2.20. The molecule has 0 radical (unpaired) electrons. The fourth-order valence-corrected chi connectivity index (χ4v) is 1.94. The van der Waals surface area contributed by atoms with Crippen molar-refractivity contribution < 1.29 is 14.3 Å². The molecule has 1 rings (SSSR count). The number of carbonyl (C=O) groups is 2. The van der Waals surface area contributed by atoms with Gasteiger partial charge >= 0.3 is 6.09 Å². The van der Waals surface area contributed by atoms with Crippen molar-refractivity contribution in [3.05, 3.63) is 35.4 Å². The number of ether oxygens (including phenoxy) is 1. The molecule has 0 aromatic heterocycles. The summed E-state index contributed by atoms with van der Waals surface area (Å²) < 4.78 is 5.17. The SMILES string of the molecule is Cc1ccc([C@H](C)[C@H](NC(=O)OC(C)(C)C)C(N)=O)cc1. The zero-order valence-corrected chi connectivity index (χ0v) is 13.3. The predicted octanol–water partition coefficient (Wildman–Crippen LogP) is 2.48. The van der Waals surface area contributed by atoms with Gasteiger partial charge in [0.25, 0.3) is 0 Å². The third kappa shape index (κ3) is 5.45. The van der Waals surface area contributed by atoms with Crippen LogP contribution >= 0.6 is 0 Å². The van der Waals surface area contributed by atoms with Gasteiger partial charge in [-0.15, -0.1) is 0 Å². The second-order valence-corrected chi connectivity index (χ2v) is 6.23. The van der Waals surface area contributed by atoms with Crippen LogP contribution in [0.2, 0.25) is 0 Å². The molecule has 1 aromatic carbocycles. The maximum Gasteiger partial charge on any atom is 0.408 e. The average Bonchev–Trinajstić information content (AvgIpc) is 2.33. The van der Waals surface area contributed by atoms with Gasteiger partial charge in [0, 0.05) is 5.92 Å². The van der Waals surface area contributed by atoms with Crippen molar-refractivity contribution in [1.82, 2.24) is 5.32 Å². The number of nitrogens with one attached hydrogen (secondary N) is 1. The van der Waals surface area contributed by atoms with Crippen molar-refractivity contribution in [3.8, 4) is 0 Å². The Morgan fingerprint density at radius 3 is 2.14 bits per heavy atom. The van der Waals surface area contributed by atoms with Crippen LogP contribution in [0.5, 0.6) is 0 Å². The monoisotopic (exact) mass is 292 g/mol. The van der Waals surface area contributed by atoms with Crippen molar-refractivity contribution in [1.29, 1.82) is 0 Å². The van der Waals surface area contributed by atoms with E-state index in [2.05, 4.69) is 5.32 Å². The van der Waals surface area contributed by atoms with E-state index in [1.807, 2.05) is 38.1 Å². The Balaban J connectivity index is 2.84. The fraction of sp³-hybridized carbons (Fsp3) is 0.500. The first-order chi connectivity index (χ1) is 9.60. The van der Waals surface area contributed by atoms with E-state index in [0.29, 0.717) is 0 Å². The number of aryl methyl sites for hydroxylation is 1. The van der Waals surface area contributed by atoms with Crippen molar-refractivity contribution in [2.75, 3.05) is 0 Å². The van der Waals surface area contributed by atoms with Gasteiger partial charge in [-0.1, -0.05) is 36.8 Å². The first-order valence-electron chi connectivity index (χ1n) is 6.95. The number of amides is 2. The summed E-state index contributed by atoms with van der Waals surface area (Å²) in [7, 11) is 0. The summed E-state index contributed by atoms with van der Waals surface area (Å²) in [5.41, 5.74) is 6.84. The minimum Gasteiger partial charge on any atom is -0.444 e. The first-order valence-corrected chi connectivity index (χ1v) is 6.95. The molecular weight excluding hydrogens is 268 g/mol. The molecule has 1 aromatic rings. The van der Waals surface area contributed by atoms with E-state index in [1.165, 1.54) is 0 Å². The lowest BCUT2D eigenvalue weighted by molar-refractivity contribution is -0.120. The minimum atomic E-state index is -0.817. The normalized spacial score (nSPS) is 14.1. The Labute approximate surface area is 125 Å². The molecule has 0 spiro atoms.